The Morgan fingerprint density at radius 2 is 1.70 bits per heavy atom. The molecule has 7 N–H and O–H groups in total. The van der Waals surface area contributed by atoms with Gasteiger partial charge in [-0.05, 0) is 57.3 Å². The highest BCUT2D eigenvalue weighted by atomic mass is 16.3. The summed E-state index contributed by atoms with van der Waals surface area (Å²) in [6.45, 7) is 1.26. The van der Waals surface area contributed by atoms with Gasteiger partial charge in [-0.1, -0.05) is 19.3 Å². The highest BCUT2D eigenvalue weighted by molar-refractivity contribution is 6.25. The number of nitrogens with one attached hydrogen (secondary N) is 1. The van der Waals surface area contributed by atoms with Crippen molar-refractivity contribution >= 4 is 34.8 Å². The van der Waals surface area contributed by atoms with Crippen LogP contribution in [0, 0.1) is 17.8 Å². The molecule has 4 atom stereocenters. The van der Waals surface area contributed by atoms with Gasteiger partial charge in [-0.2, -0.15) is 0 Å². The molecule has 1 unspecified atom stereocenters. The number of rotatable bonds is 6. The molecule has 0 radical (unpaired) electrons. The van der Waals surface area contributed by atoms with Crippen molar-refractivity contribution in [2.75, 3.05) is 51.5 Å². The van der Waals surface area contributed by atoms with Crippen molar-refractivity contribution in [3.8, 4) is 5.75 Å². The zero-order valence-corrected chi connectivity index (χ0v) is 26.7. The first-order valence-electron chi connectivity index (χ1n) is 15.9. The number of aliphatic hydroxyl groups is 3. The Balaban J connectivity index is 1.37. The molecule has 2 fully saturated rings. The number of fused-ring (bicyclic) bond motifs is 3. The number of likely N-dealkylation sites (tertiary alicyclic amines) is 1. The average Bonchev–Trinajstić information content (AvgIpc) is 2.95. The number of aromatic hydroxyl groups is 1. The minimum Gasteiger partial charge on any atom is -0.510 e. The van der Waals surface area contributed by atoms with E-state index in [1.54, 1.807) is 39.2 Å². The van der Waals surface area contributed by atoms with Crippen molar-refractivity contribution in [1.29, 1.82) is 0 Å². The number of anilines is 2. The van der Waals surface area contributed by atoms with Gasteiger partial charge in [0.2, 0.25) is 11.7 Å². The largest absolute Gasteiger partial charge is 0.510 e. The molecule has 1 aliphatic heterocycles. The molecule has 0 spiro atoms. The number of nitrogens with zero attached hydrogens (tertiary/aromatic N) is 3. The highest BCUT2D eigenvalue weighted by Gasteiger charge is 2.63. The topological polar surface area (TPSA) is 197 Å². The van der Waals surface area contributed by atoms with Crippen LogP contribution >= 0.6 is 0 Å². The molecule has 13 heteroatoms. The van der Waals surface area contributed by atoms with E-state index in [9.17, 15) is 39.6 Å². The molecular weight excluding hydrogens is 594 g/mol. The van der Waals surface area contributed by atoms with Crippen molar-refractivity contribution in [1.82, 2.24) is 9.80 Å². The lowest BCUT2D eigenvalue weighted by atomic mass is 9.58. The second kappa shape index (κ2) is 11.4. The SMILES string of the molecule is CN(C)c1cc(NC(=O)C2CN(C3CCCCC3)C2)c(O)c2c1C[C@H]1CC3[C@H](N(C)C)C(O)=C(C(N)=O)C(=O)[C@@]3(O)C(O)=C1C2=O. The van der Waals surface area contributed by atoms with Crippen LogP contribution in [0.2, 0.25) is 0 Å². The molecule has 1 heterocycles. The van der Waals surface area contributed by atoms with E-state index >= 15 is 0 Å². The van der Waals surface area contributed by atoms with Gasteiger partial charge in [0.1, 0.15) is 17.1 Å². The van der Waals surface area contributed by atoms with Crippen molar-refractivity contribution in [2.45, 2.75) is 62.6 Å². The Hall–Kier alpha value is -3.94. The number of carbonyl (C=O) groups is 4. The molecule has 1 saturated carbocycles. The molecule has 6 rings (SSSR count). The van der Waals surface area contributed by atoms with Gasteiger partial charge in [0.15, 0.2) is 17.1 Å². The standard InChI is InChI=1S/C33H43N5O8/c1-36(2)21-12-20(35-32(45)16-13-38(14-16)17-8-6-5-7-9-17)26(39)23-18(21)10-15-11-19-25(37(3)4)28(41)24(31(34)44)30(43)33(19,46)29(42)22(15)27(23)40/h12,15-17,19,25,39,41-42,46H,5-11,13-14H2,1-4H3,(H2,34,44)(H,35,45)/t15-,19?,25-,33-/m0/s1. The van der Waals surface area contributed by atoms with Crippen LogP contribution in [0.4, 0.5) is 11.4 Å². The van der Waals surface area contributed by atoms with Crippen LogP contribution in [-0.4, -0.2) is 113 Å². The second-order valence-corrected chi connectivity index (χ2v) is 13.9. The molecule has 2 amide bonds. The van der Waals surface area contributed by atoms with Crippen LogP contribution in [0.15, 0.2) is 28.7 Å². The number of carbonyl (C=O) groups excluding carboxylic acids is 4. The van der Waals surface area contributed by atoms with Gasteiger partial charge >= 0.3 is 0 Å². The molecule has 46 heavy (non-hydrogen) atoms. The van der Waals surface area contributed by atoms with Gasteiger partial charge in [0.05, 0.1) is 23.2 Å². The predicted molar refractivity (Wildman–Crippen MR) is 169 cm³/mol. The summed E-state index contributed by atoms with van der Waals surface area (Å²) in [6, 6.07) is 1.06. The summed E-state index contributed by atoms with van der Waals surface area (Å²) in [7, 11) is 6.72. The minimum absolute atomic E-state index is 0.00292. The number of hydrogen-bond donors (Lipinski definition) is 6. The third kappa shape index (κ3) is 4.70. The number of phenols is 1. The number of benzene rings is 1. The van der Waals surface area contributed by atoms with Crippen molar-refractivity contribution < 1.29 is 39.6 Å². The fourth-order valence-electron chi connectivity index (χ4n) is 8.45. The Kier molecular flexibility index (Phi) is 7.93. The Labute approximate surface area is 267 Å². The smallest absolute Gasteiger partial charge is 0.255 e. The third-order valence-electron chi connectivity index (χ3n) is 10.8. The quantitative estimate of drug-likeness (QED) is 0.195. The van der Waals surface area contributed by atoms with Crippen molar-refractivity contribution in [2.24, 2.45) is 23.5 Å². The maximum absolute atomic E-state index is 14.2. The van der Waals surface area contributed by atoms with Crippen LogP contribution in [0.1, 0.15) is 54.4 Å². The van der Waals surface area contributed by atoms with Crippen LogP contribution in [0.5, 0.6) is 5.75 Å². The molecule has 0 bridgehead atoms. The Bertz CT molecular complexity index is 1590. The molecule has 5 aliphatic rings. The zero-order valence-electron chi connectivity index (χ0n) is 26.7. The predicted octanol–water partition coefficient (Wildman–Crippen LogP) is 1.39. The molecule has 248 valence electrons. The normalized spacial score (nSPS) is 28.9. The van der Waals surface area contributed by atoms with Gasteiger partial charge in [0, 0.05) is 50.4 Å². The molecule has 0 aromatic heterocycles. The Morgan fingerprint density at radius 3 is 2.28 bits per heavy atom. The molecule has 1 saturated heterocycles. The van der Waals surface area contributed by atoms with Crippen LogP contribution in [0.25, 0.3) is 0 Å². The number of amides is 2. The Morgan fingerprint density at radius 1 is 1.04 bits per heavy atom. The molecule has 1 aromatic carbocycles. The highest BCUT2D eigenvalue weighted by Crippen LogP contribution is 2.54. The number of phenolic OH excluding ortho intramolecular Hbond substituents is 1. The molecule has 4 aliphatic carbocycles. The summed E-state index contributed by atoms with van der Waals surface area (Å²) in [4.78, 5) is 58.9. The maximum atomic E-state index is 14.2. The first-order chi connectivity index (χ1) is 21.7. The first kappa shape index (κ1) is 32.0. The van der Waals surface area contributed by atoms with Crippen molar-refractivity contribution in [3.63, 3.8) is 0 Å². The molecule has 1 aromatic rings. The van der Waals surface area contributed by atoms with E-state index in [0.717, 1.165) is 12.8 Å². The number of likely N-dealkylation sites (N-methyl/N-ethyl adjacent to an activating group) is 1. The summed E-state index contributed by atoms with van der Waals surface area (Å²) in [6.07, 6.45) is 6.06. The fourth-order valence-corrected chi connectivity index (χ4v) is 8.45. The fraction of sp³-hybridized carbons (Fsp3) is 0.576. The van der Waals surface area contributed by atoms with E-state index in [1.807, 2.05) is 0 Å². The summed E-state index contributed by atoms with van der Waals surface area (Å²) >= 11 is 0. The summed E-state index contributed by atoms with van der Waals surface area (Å²) in [5.41, 5.74) is 2.58. The van der Waals surface area contributed by atoms with Crippen molar-refractivity contribution in [3.05, 3.63) is 39.9 Å². The van der Waals surface area contributed by atoms with Gasteiger partial charge in [-0.25, -0.2) is 0 Å². The number of ketones is 2. The number of primary amides is 1. The van der Waals surface area contributed by atoms with E-state index in [1.165, 1.54) is 24.2 Å². The molecular formula is C33H43N5O8. The number of allylic oxidation sites excluding steroid dienone is 1. The van der Waals surface area contributed by atoms with Gasteiger partial charge in [0.25, 0.3) is 5.91 Å². The van der Waals surface area contributed by atoms with Gasteiger partial charge < -0.3 is 36.4 Å². The number of nitrogens with two attached hydrogens (primary N) is 1. The lowest BCUT2D eigenvalue weighted by Crippen LogP contribution is -2.63. The van der Waals surface area contributed by atoms with E-state index in [2.05, 4.69) is 10.2 Å². The first-order valence-corrected chi connectivity index (χ1v) is 15.9. The zero-order chi connectivity index (χ0) is 33.4. The monoisotopic (exact) mass is 637 g/mol. The van der Waals surface area contributed by atoms with E-state index in [-0.39, 0.29) is 41.5 Å². The third-order valence-corrected chi connectivity index (χ3v) is 10.8. The maximum Gasteiger partial charge on any atom is 0.255 e. The van der Waals surface area contributed by atoms with E-state index in [0.29, 0.717) is 30.4 Å². The van der Waals surface area contributed by atoms with Crippen LogP contribution in [0.3, 0.4) is 0 Å². The number of hydrogen-bond acceptors (Lipinski definition) is 11. The lowest BCUT2D eigenvalue weighted by Gasteiger charge is -2.50. The van der Waals surface area contributed by atoms with Crippen LogP contribution < -0.4 is 16.0 Å². The van der Waals surface area contributed by atoms with E-state index in [4.69, 9.17) is 5.73 Å². The minimum atomic E-state index is -2.72. The lowest BCUT2D eigenvalue weighted by molar-refractivity contribution is -0.148. The van der Waals surface area contributed by atoms with Gasteiger partial charge in [-0.15, -0.1) is 0 Å². The molecule has 13 nitrogen and oxygen atoms in total. The average molecular weight is 638 g/mol. The van der Waals surface area contributed by atoms with E-state index < -0.39 is 63.8 Å². The summed E-state index contributed by atoms with van der Waals surface area (Å²) < 4.78 is 0. The summed E-state index contributed by atoms with van der Waals surface area (Å²) in [5, 5.41) is 48.7. The second-order valence-electron chi connectivity index (χ2n) is 13.9. The number of Topliss-reactive ketones (excluding diaryl/α,β-unsaturated/α-hetero) is 2. The summed E-state index contributed by atoms with van der Waals surface area (Å²) in [5.74, 6) is -7.69. The van der Waals surface area contributed by atoms with Crippen LogP contribution in [-0.2, 0) is 20.8 Å². The van der Waals surface area contributed by atoms with Gasteiger partial charge in [-0.3, -0.25) is 29.0 Å². The number of aliphatic hydroxyl groups excluding tert-OH is 2.